The summed E-state index contributed by atoms with van der Waals surface area (Å²) in [6.07, 6.45) is -3.98. The number of alkyl halides is 3. The van der Waals surface area contributed by atoms with Crippen LogP contribution in [0.5, 0.6) is 0 Å². The lowest BCUT2D eigenvalue weighted by Gasteiger charge is -2.36. The minimum Gasteiger partial charge on any atom is -0.447 e. The molecule has 0 radical (unpaired) electrons. The molecule has 32 heavy (non-hydrogen) atoms. The third-order valence-corrected chi connectivity index (χ3v) is 5.72. The third kappa shape index (κ3) is 4.21. The van der Waals surface area contributed by atoms with Crippen molar-refractivity contribution in [3.05, 3.63) is 53.2 Å². The van der Waals surface area contributed by atoms with E-state index in [1.807, 2.05) is 11.8 Å². The molecule has 170 valence electrons. The molecule has 3 heterocycles. The van der Waals surface area contributed by atoms with E-state index in [1.165, 1.54) is 0 Å². The zero-order valence-electron chi connectivity index (χ0n) is 17.7. The highest BCUT2D eigenvalue weighted by molar-refractivity contribution is 5.96. The molecule has 2 aliphatic heterocycles. The van der Waals surface area contributed by atoms with Gasteiger partial charge in [-0.05, 0) is 49.7 Å². The molecule has 0 spiro atoms. The fraction of sp³-hybridized carbons (Fsp3) is 0.409. The first-order valence-corrected chi connectivity index (χ1v) is 10.3. The first-order valence-electron chi connectivity index (χ1n) is 10.3. The first-order chi connectivity index (χ1) is 15.1. The number of halogens is 3. The number of piperazine rings is 1. The van der Waals surface area contributed by atoms with Gasteiger partial charge in [0.05, 0.1) is 11.6 Å². The van der Waals surface area contributed by atoms with Crippen molar-refractivity contribution < 1.29 is 27.5 Å². The van der Waals surface area contributed by atoms with E-state index in [4.69, 9.17) is 4.74 Å². The molecule has 7 nitrogen and oxygen atoms in total. The van der Waals surface area contributed by atoms with Gasteiger partial charge in [-0.25, -0.2) is 9.78 Å². The van der Waals surface area contributed by atoms with Crippen molar-refractivity contribution in [2.75, 3.05) is 42.6 Å². The Balaban J connectivity index is 1.39. The van der Waals surface area contributed by atoms with Crippen LogP contribution in [0.1, 0.15) is 28.4 Å². The Kier molecular flexibility index (Phi) is 5.70. The van der Waals surface area contributed by atoms with E-state index in [1.54, 1.807) is 41.0 Å². The maximum atomic E-state index is 12.9. The number of hydrogen-bond acceptors (Lipinski definition) is 5. The molecule has 0 aliphatic carbocycles. The Morgan fingerprint density at radius 3 is 2.31 bits per heavy atom. The lowest BCUT2D eigenvalue weighted by Crippen LogP contribution is -2.49. The smallest absolute Gasteiger partial charge is 0.417 e. The topological polar surface area (TPSA) is 66.0 Å². The van der Waals surface area contributed by atoms with Gasteiger partial charge in [0, 0.05) is 43.6 Å². The summed E-state index contributed by atoms with van der Waals surface area (Å²) < 4.78 is 43.6. The van der Waals surface area contributed by atoms with Crippen molar-refractivity contribution in [2.45, 2.75) is 26.1 Å². The van der Waals surface area contributed by atoms with Crippen molar-refractivity contribution in [1.82, 2.24) is 9.88 Å². The predicted octanol–water partition coefficient (Wildman–Crippen LogP) is 3.72. The number of ether oxygens (including phenoxy) is 1. The molecular weight excluding hydrogens is 425 g/mol. The molecule has 2 fully saturated rings. The minimum atomic E-state index is -4.43. The molecule has 2 aliphatic rings. The number of rotatable bonds is 3. The van der Waals surface area contributed by atoms with Crippen LogP contribution in [0.4, 0.5) is 29.5 Å². The maximum Gasteiger partial charge on any atom is 0.417 e. The Morgan fingerprint density at radius 2 is 1.78 bits per heavy atom. The summed E-state index contributed by atoms with van der Waals surface area (Å²) in [6, 6.07) is 7.84. The van der Waals surface area contributed by atoms with Crippen molar-refractivity contribution in [2.24, 2.45) is 0 Å². The molecule has 0 bridgehead atoms. The van der Waals surface area contributed by atoms with Crippen LogP contribution in [-0.2, 0) is 10.9 Å². The predicted molar refractivity (Wildman–Crippen MR) is 112 cm³/mol. The highest BCUT2D eigenvalue weighted by Crippen LogP contribution is 2.31. The van der Waals surface area contributed by atoms with Crippen LogP contribution in [0.2, 0.25) is 0 Å². The van der Waals surface area contributed by atoms with E-state index < -0.39 is 17.8 Å². The molecule has 2 saturated heterocycles. The molecule has 1 aromatic heterocycles. The molecule has 2 amide bonds. The lowest BCUT2D eigenvalue weighted by molar-refractivity contribution is -0.137. The van der Waals surface area contributed by atoms with Gasteiger partial charge in [-0.2, -0.15) is 13.2 Å². The minimum absolute atomic E-state index is 0.0700. The summed E-state index contributed by atoms with van der Waals surface area (Å²) in [6.45, 7) is 5.62. The van der Waals surface area contributed by atoms with E-state index in [0.29, 0.717) is 55.4 Å². The second kappa shape index (κ2) is 8.33. The lowest BCUT2D eigenvalue weighted by atomic mass is 10.1. The second-order valence-electron chi connectivity index (χ2n) is 7.98. The summed E-state index contributed by atoms with van der Waals surface area (Å²) in [5, 5.41) is 0. The fourth-order valence-corrected chi connectivity index (χ4v) is 4.00. The number of nitrogens with zero attached hydrogens (tertiary/aromatic N) is 4. The highest BCUT2D eigenvalue weighted by Gasteiger charge is 2.33. The molecule has 1 aromatic carbocycles. The maximum absolute atomic E-state index is 12.9. The normalized spacial score (nSPS) is 19.3. The number of cyclic esters (lactones) is 1. The van der Waals surface area contributed by atoms with Crippen LogP contribution < -0.4 is 9.80 Å². The molecule has 0 saturated carbocycles. The zero-order valence-corrected chi connectivity index (χ0v) is 17.7. The summed E-state index contributed by atoms with van der Waals surface area (Å²) in [7, 11) is 0. The SMILES string of the molecule is Cc1cc(C(F)(F)F)cnc1N1CCN(C(=O)c2ccc(N3C(=O)OCC3C)cc2)CC1. The molecular formula is C22H23F3N4O3. The molecule has 2 aromatic rings. The average Bonchev–Trinajstić information content (AvgIpc) is 3.11. The fourth-order valence-electron chi connectivity index (χ4n) is 4.00. The number of aromatic nitrogens is 1. The van der Waals surface area contributed by atoms with Crippen molar-refractivity contribution in [3.63, 3.8) is 0 Å². The van der Waals surface area contributed by atoms with E-state index in [9.17, 15) is 22.8 Å². The van der Waals surface area contributed by atoms with Gasteiger partial charge in [0.1, 0.15) is 12.4 Å². The van der Waals surface area contributed by atoms with Gasteiger partial charge in [-0.3, -0.25) is 9.69 Å². The Hall–Kier alpha value is -3.30. The first kappa shape index (κ1) is 21.9. The second-order valence-corrected chi connectivity index (χ2v) is 7.98. The quantitative estimate of drug-likeness (QED) is 0.716. The van der Waals surface area contributed by atoms with Gasteiger partial charge in [-0.15, -0.1) is 0 Å². The van der Waals surface area contributed by atoms with Crippen molar-refractivity contribution in [1.29, 1.82) is 0 Å². The van der Waals surface area contributed by atoms with Gasteiger partial charge >= 0.3 is 12.3 Å². The highest BCUT2D eigenvalue weighted by atomic mass is 19.4. The monoisotopic (exact) mass is 448 g/mol. The Labute approximate surface area is 183 Å². The van der Waals surface area contributed by atoms with Crippen LogP contribution >= 0.6 is 0 Å². The summed E-state index contributed by atoms with van der Waals surface area (Å²) in [5.74, 6) is 0.367. The molecule has 1 atom stereocenters. The molecule has 0 N–H and O–H groups in total. The number of hydrogen-bond donors (Lipinski definition) is 0. The van der Waals surface area contributed by atoms with Crippen molar-refractivity contribution >= 4 is 23.5 Å². The number of benzene rings is 1. The number of carbonyl (C=O) groups is 2. The number of pyridine rings is 1. The molecule has 1 unspecified atom stereocenters. The van der Waals surface area contributed by atoms with Gasteiger partial charge in [-0.1, -0.05) is 0 Å². The van der Waals surface area contributed by atoms with Gasteiger partial charge in [0.2, 0.25) is 0 Å². The Bertz CT molecular complexity index is 1020. The van der Waals surface area contributed by atoms with Gasteiger partial charge in [0.25, 0.3) is 5.91 Å². The largest absolute Gasteiger partial charge is 0.447 e. The van der Waals surface area contributed by atoms with E-state index in [2.05, 4.69) is 4.98 Å². The van der Waals surface area contributed by atoms with E-state index in [-0.39, 0.29) is 11.9 Å². The summed E-state index contributed by atoms with van der Waals surface area (Å²) >= 11 is 0. The summed E-state index contributed by atoms with van der Waals surface area (Å²) in [4.78, 5) is 33.9. The molecule has 4 rings (SSSR count). The number of aryl methyl sites for hydroxylation is 1. The van der Waals surface area contributed by atoms with Crippen LogP contribution in [0, 0.1) is 6.92 Å². The average molecular weight is 448 g/mol. The van der Waals surface area contributed by atoms with E-state index in [0.717, 1.165) is 12.3 Å². The Morgan fingerprint density at radius 1 is 1.12 bits per heavy atom. The van der Waals surface area contributed by atoms with Gasteiger partial charge < -0.3 is 14.5 Å². The van der Waals surface area contributed by atoms with Crippen LogP contribution in [0.3, 0.4) is 0 Å². The zero-order chi connectivity index (χ0) is 23.0. The van der Waals surface area contributed by atoms with Crippen LogP contribution in [0.15, 0.2) is 36.5 Å². The van der Waals surface area contributed by atoms with E-state index >= 15 is 0 Å². The van der Waals surface area contributed by atoms with Crippen molar-refractivity contribution in [3.8, 4) is 0 Å². The number of anilines is 2. The number of carbonyl (C=O) groups excluding carboxylic acids is 2. The standard InChI is InChI=1S/C22H23F3N4O3/c1-14-11-17(22(23,24)25)12-26-19(14)27-7-9-28(10-8-27)20(30)16-3-5-18(6-4-16)29-15(2)13-32-21(29)31/h3-6,11-12,15H,7-10,13H2,1-2H3. The van der Waals surface area contributed by atoms with Gasteiger partial charge in [0.15, 0.2) is 0 Å². The van der Waals surface area contributed by atoms with Crippen LogP contribution in [0.25, 0.3) is 0 Å². The molecule has 10 heteroatoms. The van der Waals surface area contributed by atoms with Crippen LogP contribution in [-0.4, -0.2) is 60.7 Å². The third-order valence-electron chi connectivity index (χ3n) is 5.72. The number of amides is 2. The summed E-state index contributed by atoms with van der Waals surface area (Å²) in [5.41, 5.74) is 0.855.